The van der Waals surface area contributed by atoms with Crippen LogP contribution in [-0.4, -0.2) is 40.9 Å². The highest BCUT2D eigenvalue weighted by molar-refractivity contribution is 5.64. The Kier molecular flexibility index (Phi) is 7.20. The Morgan fingerprint density at radius 3 is 1.71 bits per heavy atom. The number of amides is 1. The molecule has 1 amide bonds. The molecule has 14 heavy (non-hydrogen) atoms. The van der Waals surface area contributed by atoms with Gasteiger partial charge < -0.3 is 5.11 Å². The lowest BCUT2D eigenvalue weighted by Gasteiger charge is -2.32. The van der Waals surface area contributed by atoms with Crippen LogP contribution in [0, 0.1) is 0 Å². The van der Waals surface area contributed by atoms with Crippen LogP contribution in [0.1, 0.15) is 40.0 Å². The van der Waals surface area contributed by atoms with Crippen molar-refractivity contribution in [1.29, 1.82) is 0 Å². The normalized spacial score (nSPS) is 10.6. The summed E-state index contributed by atoms with van der Waals surface area (Å²) in [6.45, 7) is 8.35. The summed E-state index contributed by atoms with van der Waals surface area (Å²) in [6, 6.07) is 0. The van der Waals surface area contributed by atoms with E-state index in [1.807, 2.05) is 11.9 Å². The van der Waals surface area contributed by atoms with Gasteiger partial charge in [-0.3, -0.25) is 0 Å². The van der Waals surface area contributed by atoms with Crippen molar-refractivity contribution >= 4 is 6.09 Å². The second kappa shape index (κ2) is 7.62. The zero-order chi connectivity index (χ0) is 11.0. The topological polar surface area (TPSA) is 43.8 Å². The average molecular weight is 202 g/mol. The molecule has 0 rings (SSSR count). The molecule has 0 aromatic carbocycles. The van der Waals surface area contributed by atoms with Gasteiger partial charge in [0.25, 0.3) is 0 Å². The van der Waals surface area contributed by atoms with Crippen molar-refractivity contribution in [2.45, 2.75) is 40.0 Å². The van der Waals surface area contributed by atoms with Gasteiger partial charge in [-0.25, -0.2) is 14.8 Å². The van der Waals surface area contributed by atoms with Gasteiger partial charge in [-0.05, 0) is 19.3 Å². The van der Waals surface area contributed by atoms with Gasteiger partial charge in [-0.2, -0.15) is 0 Å². The number of nitrogens with zero attached hydrogens (tertiary/aromatic N) is 2. The summed E-state index contributed by atoms with van der Waals surface area (Å²) in [6.07, 6.45) is 1.98. The highest BCUT2D eigenvalue weighted by Crippen LogP contribution is 2.03. The summed E-state index contributed by atoms with van der Waals surface area (Å²) in [5.41, 5.74) is 0. The molecule has 4 heteroatoms. The van der Waals surface area contributed by atoms with E-state index in [9.17, 15) is 4.79 Å². The summed E-state index contributed by atoms with van der Waals surface area (Å²) in [7, 11) is 0. The number of carbonyl (C=O) groups is 1. The van der Waals surface area contributed by atoms with Gasteiger partial charge in [0.1, 0.15) is 0 Å². The van der Waals surface area contributed by atoms with Gasteiger partial charge in [-0.1, -0.05) is 20.8 Å². The highest BCUT2D eigenvalue weighted by Gasteiger charge is 2.17. The molecule has 0 aliphatic rings. The molecule has 0 aliphatic carbocycles. The fourth-order valence-electron chi connectivity index (χ4n) is 1.44. The maximum atomic E-state index is 11.0. The first-order valence-electron chi connectivity index (χ1n) is 5.42. The molecular formula is C10H22N2O2. The largest absolute Gasteiger partial charge is 0.464 e. The Hall–Kier alpha value is -0.770. The molecule has 0 atom stereocenters. The summed E-state index contributed by atoms with van der Waals surface area (Å²) >= 11 is 0. The number of carboxylic acid groups (broad SMARTS) is 1. The predicted octanol–water partition coefficient (Wildman–Crippen LogP) is 2.41. The first-order chi connectivity index (χ1) is 6.67. The van der Waals surface area contributed by atoms with Crippen LogP contribution < -0.4 is 0 Å². The van der Waals surface area contributed by atoms with Crippen molar-refractivity contribution in [3.8, 4) is 0 Å². The van der Waals surface area contributed by atoms with E-state index in [1.54, 1.807) is 0 Å². The van der Waals surface area contributed by atoms with Gasteiger partial charge >= 0.3 is 6.09 Å². The molecule has 0 radical (unpaired) electrons. The maximum Gasteiger partial charge on any atom is 0.421 e. The number of hydrogen-bond acceptors (Lipinski definition) is 2. The molecule has 0 bridgehead atoms. The van der Waals surface area contributed by atoms with E-state index in [1.165, 1.54) is 5.01 Å². The number of hydrazine groups is 1. The SMILES string of the molecule is CCCN(CCC)N(CCC)C(=O)O. The molecule has 0 spiro atoms. The second-order valence-corrected chi connectivity index (χ2v) is 3.36. The smallest absolute Gasteiger partial charge is 0.421 e. The Balaban J connectivity index is 4.29. The molecule has 4 nitrogen and oxygen atoms in total. The third kappa shape index (κ3) is 4.46. The minimum atomic E-state index is -0.839. The maximum absolute atomic E-state index is 11.0. The molecule has 0 aliphatic heterocycles. The molecule has 0 unspecified atom stereocenters. The monoisotopic (exact) mass is 202 g/mol. The van der Waals surface area contributed by atoms with Crippen LogP contribution in [0.3, 0.4) is 0 Å². The van der Waals surface area contributed by atoms with Crippen molar-refractivity contribution in [2.24, 2.45) is 0 Å². The van der Waals surface area contributed by atoms with E-state index in [-0.39, 0.29) is 0 Å². The van der Waals surface area contributed by atoms with Crippen LogP contribution in [0.25, 0.3) is 0 Å². The highest BCUT2D eigenvalue weighted by atomic mass is 16.4. The Bertz CT molecular complexity index is 156. The van der Waals surface area contributed by atoms with E-state index in [2.05, 4.69) is 13.8 Å². The average Bonchev–Trinajstić information content (AvgIpc) is 2.13. The lowest BCUT2D eigenvalue weighted by molar-refractivity contribution is -0.00941. The quantitative estimate of drug-likeness (QED) is 0.645. The Morgan fingerprint density at radius 2 is 1.43 bits per heavy atom. The lowest BCUT2D eigenvalue weighted by Crippen LogP contribution is -2.47. The van der Waals surface area contributed by atoms with Crippen LogP contribution in [0.2, 0.25) is 0 Å². The molecular weight excluding hydrogens is 180 g/mol. The van der Waals surface area contributed by atoms with Crippen molar-refractivity contribution < 1.29 is 9.90 Å². The zero-order valence-electron chi connectivity index (χ0n) is 9.49. The van der Waals surface area contributed by atoms with Gasteiger partial charge in [0.15, 0.2) is 0 Å². The predicted molar refractivity (Wildman–Crippen MR) is 57.2 cm³/mol. The molecule has 0 heterocycles. The van der Waals surface area contributed by atoms with Gasteiger partial charge in [0.05, 0.1) is 0 Å². The summed E-state index contributed by atoms with van der Waals surface area (Å²) in [5, 5.41) is 12.4. The number of hydrogen-bond donors (Lipinski definition) is 1. The Labute approximate surface area is 86.5 Å². The summed E-state index contributed by atoms with van der Waals surface area (Å²) in [4.78, 5) is 11.0. The standard InChI is InChI=1S/C10H22N2O2/c1-4-7-11(8-5-2)12(9-6-3)10(13)14/h4-9H2,1-3H3,(H,13,14). The van der Waals surface area contributed by atoms with Gasteiger partial charge in [0.2, 0.25) is 0 Å². The molecule has 0 fully saturated rings. The summed E-state index contributed by atoms with van der Waals surface area (Å²) in [5.74, 6) is 0. The van der Waals surface area contributed by atoms with Crippen molar-refractivity contribution in [2.75, 3.05) is 19.6 Å². The molecule has 0 aromatic rings. The van der Waals surface area contributed by atoms with Crippen molar-refractivity contribution in [1.82, 2.24) is 10.0 Å². The van der Waals surface area contributed by atoms with Gasteiger partial charge in [-0.15, -0.1) is 0 Å². The Morgan fingerprint density at radius 1 is 1.00 bits per heavy atom. The number of rotatable bonds is 7. The van der Waals surface area contributed by atoms with E-state index in [0.29, 0.717) is 6.54 Å². The van der Waals surface area contributed by atoms with E-state index < -0.39 is 6.09 Å². The molecule has 84 valence electrons. The second-order valence-electron chi connectivity index (χ2n) is 3.36. The third-order valence-electron chi connectivity index (χ3n) is 1.96. The van der Waals surface area contributed by atoms with Crippen LogP contribution >= 0.6 is 0 Å². The minimum Gasteiger partial charge on any atom is -0.464 e. The van der Waals surface area contributed by atoms with E-state index >= 15 is 0 Å². The third-order valence-corrected chi connectivity index (χ3v) is 1.96. The zero-order valence-corrected chi connectivity index (χ0v) is 9.49. The van der Waals surface area contributed by atoms with Crippen LogP contribution in [-0.2, 0) is 0 Å². The fraction of sp³-hybridized carbons (Fsp3) is 0.900. The van der Waals surface area contributed by atoms with E-state index in [0.717, 1.165) is 32.4 Å². The molecule has 0 saturated carbocycles. The van der Waals surface area contributed by atoms with Crippen molar-refractivity contribution in [3.63, 3.8) is 0 Å². The first kappa shape index (κ1) is 13.2. The van der Waals surface area contributed by atoms with Crippen LogP contribution in [0.5, 0.6) is 0 Å². The fourth-order valence-corrected chi connectivity index (χ4v) is 1.44. The minimum absolute atomic E-state index is 0.593. The molecule has 0 saturated heterocycles. The van der Waals surface area contributed by atoms with Crippen LogP contribution in [0.15, 0.2) is 0 Å². The molecule has 0 aromatic heterocycles. The lowest BCUT2D eigenvalue weighted by atomic mass is 10.4. The van der Waals surface area contributed by atoms with E-state index in [4.69, 9.17) is 5.11 Å². The summed E-state index contributed by atoms with van der Waals surface area (Å²) < 4.78 is 0. The first-order valence-corrected chi connectivity index (χ1v) is 5.42. The van der Waals surface area contributed by atoms with Crippen molar-refractivity contribution in [3.05, 3.63) is 0 Å². The molecule has 1 N–H and O–H groups in total. The van der Waals surface area contributed by atoms with Gasteiger partial charge in [0, 0.05) is 19.6 Å². The van der Waals surface area contributed by atoms with Crippen LogP contribution in [0.4, 0.5) is 4.79 Å².